The molecule has 0 saturated heterocycles. The highest BCUT2D eigenvalue weighted by molar-refractivity contribution is 9.10. The maximum atomic E-state index is 13.2. The predicted molar refractivity (Wildman–Crippen MR) is 58.7 cm³/mol. The van der Waals surface area contributed by atoms with Crippen LogP contribution in [0.2, 0.25) is 0 Å². The summed E-state index contributed by atoms with van der Waals surface area (Å²) < 4.78 is 13.2. The molecule has 4 heteroatoms. The highest BCUT2D eigenvalue weighted by Gasteiger charge is 2.17. The molecular weight excluding hydrogens is 270 g/mol. The summed E-state index contributed by atoms with van der Waals surface area (Å²) in [5.74, 6) is -0.577. The van der Waals surface area contributed by atoms with E-state index < -0.39 is 5.82 Å². The van der Waals surface area contributed by atoms with Crippen LogP contribution in [-0.2, 0) is 5.88 Å². The zero-order valence-corrected chi connectivity index (χ0v) is 9.90. The van der Waals surface area contributed by atoms with E-state index in [1.165, 1.54) is 12.1 Å². The number of rotatable bonds is 3. The van der Waals surface area contributed by atoms with E-state index in [9.17, 15) is 9.18 Å². The first kappa shape index (κ1) is 11.7. The lowest BCUT2D eigenvalue weighted by Gasteiger charge is -2.08. The van der Waals surface area contributed by atoms with Crippen LogP contribution in [0.4, 0.5) is 4.39 Å². The van der Waals surface area contributed by atoms with Crippen molar-refractivity contribution in [3.63, 3.8) is 0 Å². The lowest BCUT2D eigenvalue weighted by Crippen LogP contribution is -2.13. The number of carbonyl (C=O) groups is 1. The van der Waals surface area contributed by atoms with Gasteiger partial charge in [0.05, 0.1) is 10.7 Å². The van der Waals surface area contributed by atoms with Crippen LogP contribution in [0.3, 0.4) is 0 Å². The molecule has 0 aliphatic heterocycles. The predicted octanol–water partition coefficient (Wildman–Crippen LogP) is 3.53. The van der Waals surface area contributed by atoms with Crippen LogP contribution < -0.4 is 0 Å². The lowest BCUT2D eigenvalue weighted by molar-refractivity contribution is 0.0994. The average Bonchev–Trinajstić information content (AvgIpc) is 2.16. The van der Waals surface area contributed by atoms with Gasteiger partial charge < -0.3 is 0 Å². The molecule has 0 saturated carbocycles. The molecule has 1 rings (SSSR count). The maximum Gasteiger partial charge on any atom is 0.176 e. The number of carbonyl (C=O) groups excluding carboxylic acids is 1. The van der Waals surface area contributed by atoms with Gasteiger partial charge in [-0.1, -0.05) is 28.1 Å². The van der Waals surface area contributed by atoms with Gasteiger partial charge in [-0.2, -0.15) is 0 Å². The minimum atomic E-state index is -0.431. The maximum absolute atomic E-state index is 13.2. The molecule has 0 aliphatic rings. The zero-order chi connectivity index (χ0) is 10.7. The molecule has 1 nitrogen and oxygen atoms in total. The highest BCUT2D eigenvalue weighted by atomic mass is 79.9. The fourth-order valence-electron chi connectivity index (χ4n) is 1.14. The Labute approximate surface area is 95.4 Å². The van der Waals surface area contributed by atoms with Gasteiger partial charge in [0, 0.05) is 11.1 Å². The number of halogens is 3. The van der Waals surface area contributed by atoms with E-state index >= 15 is 0 Å². The first-order valence-electron chi connectivity index (χ1n) is 4.09. The second-order valence-electron chi connectivity index (χ2n) is 2.88. The van der Waals surface area contributed by atoms with Crippen molar-refractivity contribution in [2.75, 3.05) is 0 Å². The number of Topliss-reactive ketones (excluding diaryl/α,β-unsaturated/α-hetero) is 1. The number of benzene rings is 1. The van der Waals surface area contributed by atoms with E-state index in [-0.39, 0.29) is 22.1 Å². The van der Waals surface area contributed by atoms with Crippen LogP contribution in [0.25, 0.3) is 0 Å². The summed E-state index contributed by atoms with van der Waals surface area (Å²) in [7, 11) is 0. The molecule has 0 aromatic heterocycles. The number of ketones is 1. The third-order valence-electron chi connectivity index (χ3n) is 1.88. The molecule has 14 heavy (non-hydrogen) atoms. The van der Waals surface area contributed by atoms with Crippen molar-refractivity contribution >= 4 is 33.3 Å². The normalized spacial score (nSPS) is 12.6. The lowest BCUT2D eigenvalue weighted by atomic mass is 10.0. The summed E-state index contributed by atoms with van der Waals surface area (Å²) in [6.45, 7) is 1.70. The first-order valence-corrected chi connectivity index (χ1v) is 5.54. The summed E-state index contributed by atoms with van der Waals surface area (Å²) in [5.41, 5.74) is 0.620. The fraction of sp³-hybridized carbons (Fsp3) is 0.300. The number of hydrogen-bond acceptors (Lipinski definition) is 1. The minimum absolute atomic E-state index is 0.00741. The molecule has 0 fully saturated rings. The Morgan fingerprint density at radius 1 is 1.64 bits per heavy atom. The van der Waals surface area contributed by atoms with Gasteiger partial charge in [0.1, 0.15) is 5.82 Å². The van der Waals surface area contributed by atoms with Crippen molar-refractivity contribution in [2.24, 2.45) is 0 Å². The standard InChI is InChI=1S/C10H9BrClFO/c1-6(11)10(14)7-3-2-4-9(13)8(7)5-12/h2-4,6H,5H2,1H3. The van der Waals surface area contributed by atoms with E-state index in [1.54, 1.807) is 13.0 Å². The van der Waals surface area contributed by atoms with Crippen molar-refractivity contribution in [3.05, 3.63) is 35.1 Å². The van der Waals surface area contributed by atoms with Gasteiger partial charge in [-0.05, 0) is 13.0 Å². The molecule has 1 aromatic carbocycles. The van der Waals surface area contributed by atoms with Crippen molar-refractivity contribution in [3.8, 4) is 0 Å². The van der Waals surface area contributed by atoms with Gasteiger partial charge in [0.15, 0.2) is 5.78 Å². The van der Waals surface area contributed by atoms with Crippen molar-refractivity contribution in [2.45, 2.75) is 17.6 Å². The third kappa shape index (κ3) is 2.34. The SMILES string of the molecule is CC(Br)C(=O)c1cccc(F)c1CCl. The summed E-state index contributed by atoms with van der Waals surface area (Å²) in [4.78, 5) is 11.3. The van der Waals surface area contributed by atoms with Crippen LogP contribution in [0.15, 0.2) is 18.2 Å². The van der Waals surface area contributed by atoms with Crippen molar-refractivity contribution in [1.29, 1.82) is 0 Å². The van der Waals surface area contributed by atoms with Gasteiger partial charge in [0.2, 0.25) is 0 Å². The second kappa shape index (κ2) is 4.89. The van der Waals surface area contributed by atoms with E-state index in [0.29, 0.717) is 5.56 Å². The molecule has 76 valence electrons. The summed E-state index contributed by atoms with van der Waals surface area (Å²) >= 11 is 8.73. The zero-order valence-electron chi connectivity index (χ0n) is 7.56. The van der Waals surface area contributed by atoms with Crippen LogP contribution in [0.1, 0.15) is 22.8 Å². The summed E-state index contributed by atoms with van der Waals surface area (Å²) in [6, 6.07) is 4.39. The number of hydrogen-bond donors (Lipinski definition) is 0. The van der Waals surface area contributed by atoms with E-state index in [0.717, 1.165) is 0 Å². The van der Waals surface area contributed by atoms with Gasteiger partial charge in [-0.3, -0.25) is 4.79 Å². The van der Waals surface area contributed by atoms with Gasteiger partial charge in [-0.25, -0.2) is 4.39 Å². The quantitative estimate of drug-likeness (QED) is 0.611. The van der Waals surface area contributed by atoms with E-state index in [1.807, 2.05) is 0 Å². The molecule has 0 N–H and O–H groups in total. The Bertz CT molecular complexity index is 352. The Balaban J connectivity index is 3.20. The Kier molecular flexibility index (Phi) is 4.08. The molecule has 0 radical (unpaired) electrons. The topological polar surface area (TPSA) is 17.1 Å². The fourth-order valence-corrected chi connectivity index (χ4v) is 1.66. The molecule has 0 aliphatic carbocycles. The number of alkyl halides is 2. The second-order valence-corrected chi connectivity index (χ2v) is 4.52. The summed E-state index contributed by atoms with van der Waals surface area (Å²) in [6.07, 6.45) is 0. The highest BCUT2D eigenvalue weighted by Crippen LogP contribution is 2.19. The molecular formula is C10H9BrClFO. The first-order chi connectivity index (χ1) is 6.57. The Morgan fingerprint density at radius 2 is 2.29 bits per heavy atom. The average molecular weight is 280 g/mol. The molecule has 0 amide bonds. The van der Waals surface area contributed by atoms with Gasteiger partial charge >= 0.3 is 0 Å². The molecule has 1 unspecified atom stereocenters. The van der Waals surface area contributed by atoms with E-state index in [2.05, 4.69) is 15.9 Å². The molecule has 0 bridgehead atoms. The molecule has 0 heterocycles. The monoisotopic (exact) mass is 278 g/mol. The van der Waals surface area contributed by atoms with Crippen molar-refractivity contribution < 1.29 is 9.18 Å². The van der Waals surface area contributed by atoms with Crippen LogP contribution in [0, 0.1) is 5.82 Å². The largest absolute Gasteiger partial charge is 0.293 e. The van der Waals surface area contributed by atoms with Gasteiger partial charge in [-0.15, -0.1) is 11.6 Å². The van der Waals surface area contributed by atoms with E-state index in [4.69, 9.17) is 11.6 Å². The molecule has 1 aromatic rings. The Hall–Kier alpha value is -0.410. The van der Waals surface area contributed by atoms with Crippen LogP contribution in [-0.4, -0.2) is 10.6 Å². The molecule has 0 spiro atoms. The minimum Gasteiger partial charge on any atom is -0.293 e. The van der Waals surface area contributed by atoms with Gasteiger partial charge in [0.25, 0.3) is 0 Å². The van der Waals surface area contributed by atoms with Crippen molar-refractivity contribution in [1.82, 2.24) is 0 Å². The van der Waals surface area contributed by atoms with Crippen LogP contribution >= 0.6 is 27.5 Å². The smallest absolute Gasteiger partial charge is 0.176 e. The molecule has 1 atom stereocenters. The summed E-state index contributed by atoms with van der Waals surface area (Å²) in [5, 5.41) is 0. The van der Waals surface area contributed by atoms with Crippen LogP contribution in [0.5, 0.6) is 0 Å². The third-order valence-corrected chi connectivity index (χ3v) is 2.56. The Morgan fingerprint density at radius 3 is 2.79 bits per heavy atom.